The summed E-state index contributed by atoms with van der Waals surface area (Å²) in [6.07, 6.45) is 5.01. The summed E-state index contributed by atoms with van der Waals surface area (Å²) in [4.78, 5) is 28.9. The molecule has 106 valence electrons. The van der Waals surface area contributed by atoms with Crippen LogP contribution in [0.15, 0.2) is 12.3 Å². The molecule has 0 bridgehead atoms. The van der Waals surface area contributed by atoms with Crippen molar-refractivity contribution >= 4 is 18.0 Å². The number of aldehydes is 1. The lowest BCUT2D eigenvalue weighted by molar-refractivity contribution is -0.124. The molecule has 0 aromatic carbocycles. The maximum absolute atomic E-state index is 11.4. The van der Waals surface area contributed by atoms with Crippen LogP contribution in [-0.4, -0.2) is 36.3 Å². The van der Waals surface area contributed by atoms with E-state index in [1.165, 1.54) is 0 Å². The Bertz CT molecular complexity index is 544. The number of amides is 1. The molecular formula is C15H19N3O2. The lowest BCUT2D eigenvalue weighted by atomic mass is 9.85. The smallest absolute Gasteiger partial charge is 0.220 e. The highest BCUT2D eigenvalue weighted by molar-refractivity contribution is 5.77. The molecule has 2 aliphatic heterocycles. The third-order valence-electron chi connectivity index (χ3n) is 4.33. The molecule has 3 rings (SSSR count). The number of rotatable bonds is 2. The zero-order chi connectivity index (χ0) is 14.1. The number of piperidine rings is 2. The largest absolute Gasteiger partial charge is 0.356 e. The van der Waals surface area contributed by atoms with E-state index in [-0.39, 0.29) is 5.91 Å². The van der Waals surface area contributed by atoms with Crippen molar-refractivity contribution < 1.29 is 9.59 Å². The molecule has 2 unspecified atom stereocenters. The molecule has 1 amide bonds. The highest BCUT2D eigenvalue weighted by Gasteiger charge is 2.34. The molecule has 5 heteroatoms. The van der Waals surface area contributed by atoms with Gasteiger partial charge in [-0.15, -0.1) is 0 Å². The topological polar surface area (TPSA) is 62.3 Å². The fraction of sp³-hybridized carbons (Fsp3) is 0.533. The molecule has 5 nitrogen and oxygen atoms in total. The first kappa shape index (κ1) is 13.1. The van der Waals surface area contributed by atoms with Crippen LogP contribution in [-0.2, 0) is 4.79 Å². The molecule has 1 aromatic heterocycles. The number of aryl methyl sites for hydroxylation is 1. The van der Waals surface area contributed by atoms with Gasteiger partial charge in [0.1, 0.15) is 5.82 Å². The van der Waals surface area contributed by atoms with Gasteiger partial charge in [0, 0.05) is 37.3 Å². The quantitative estimate of drug-likeness (QED) is 0.825. The van der Waals surface area contributed by atoms with Crippen molar-refractivity contribution in [2.75, 3.05) is 18.0 Å². The second-order valence-electron chi connectivity index (χ2n) is 5.73. The Morgan fingerprint density at radius 2 is 2.30 bits per heavy atom. The highest BCUT2D eigenvalue weighted by Crippen LogP contribution is 2.29. The van der Waals surface area contributed by atoms with E-state index < -0.39 is 0 Å². The minimum absolute atomic E-state index is 0.185. The molecule has 2 fully saturated rings. The van der Waals surface area contributed by atoms with Gasteiger partial charge < -0.3 is 10.2 Å². The molecule has 0 spiro atoms. The number of hydrogen-bond acceptors (Lipinski definition) is 4. The molecule has 3 heterocycles. The maximum Gasteiger partial charge on any atom is 0.220 e. The van der Waals surface area contributed by atoms with E-state index in [0.29, 0.717) is 23.9 Å². The predicted molar refractivity (Wildman–Crippen MR) is 75.8 cm³/mol. The maximum atomic E-state index is 11.4. The Hall–Kier alpha value is -1.91. The van der Waals surface area contributed by atoms with Crippen molar-refractivity contribution in [1.29, 1.82) is 0 Å². The fourth-order valence-corrected chi connectivity index (χ4v) is 3.29. The average molecular weight is 273 g/mol. The van der Waals surface area contributed by atoms with Gasteiger partial charge in [-0.05, 0) is 37.3 Å². The van der Waals surface area contributed by atoms with Gasteiger partial charge in [0.15, 0.2) is 6.29 Å². The molecule has 20 heavy (non-hydrogen) atoms. The number of carbonyl (C=O) groups is 2. The van der Waals surface area contributed by atoms with Gasteiger partial charge in [-0.2, -0.15) is 0 Å². The highest BCUT2D eigenvalue weighted by atomic mass is 16.1. The van der Waals surface area contributed by atoms with Gasteiger partial charge >= 0.3 is 0 Å². The van der Waals surface area contributed by atoms with Crippen LogP contribution in [0, 0.1) is 12.8 Å². The summed E-state index contributed by atoms with van der Waals surface area (Å²) in [6.45, 7) is 3.82. The van der Waals surface area contributed by atoms with Gasteiger partial charge in [-0.25, -0.2) is 4.98 Å². The van der Waals surface area contributed by atoms with Gasteiger partial charge in [0.05, 0.1) is 0 Å². The lowest BCUT2D eigenvalue weighted by Crippen LogP contribution is -2.54. The van der Waals surface area contributed by atoms with Crippen molar-refractivity contribution in [2.24, 2.45) is 5.92 Å². The second-order valence-corrected chi connectivity index (χ2v) is 5.73. The van der Waals surface area contributed by atoms with Crippen LogP contribution in [0.1, 0.15) is 35.2 Å². The number of anilines is 1. The van der Waals surface area contributed by atoms with Crippen molar-refractivity contribution in [3.63, 3.8) is 0 Å². The number of nitrogens with one attached hydrogen (secondary N) is 1. The summed E-state index contributed by atoms with van der Waals surface area (Å²) in [5.74, 6) is 1.66. The molecule has 1 aromatic rings. The summed E-state index contributed by atoms with van der Waals surface area (Å²) < 4.78 is 0. The van der Waals surface area contributed by atoms with E-state index in [2.05, 4.69) is 15.2 Å². The fourth-order valence-electron chi connectivity index (χ4n) is 3.29. The zero-order valence-electron chi connectivity index (χ0n) is 11.6. The standard InChI is InChI=1S/C15H19N3O2/c1-10-6-11(9-19)7-16-15(10)18-5-4-13-12(8-18)2-3-14(20)17-13/h6-7,9,12-13H,2-5,8H2,1H3,(H,17,20). The number of pyridine rings is 1. The van der Waals surface area contributed by atoms with Crippen molar-refractivity contribution in [2.45, 2.75) is 32.2 Å². The van der Waals surface area contributed by atoms with E-state index in [1.54, 1.807) is 6.20 Å². The number of aromatic nitrogens is 1. The Morgan fingerprint density at radius 3 is 3.05 bits per heavy atom. The molecule has 1 N–H and O–H groups in total. The Balaban J connectivity index is 1.76. The van der Waals surface area contributed by atoms with Crippen LogP contribution in [0.2, 0.25) is 0 Å². The third kappa shape index (κ3) is 2.40. The summed E-state index contributed by atoms with van der Waals surface area (Å²) >= 11 is 0. The Kier molecular flexibility index (Phi) is 3.42. The molecule has 2 saturated heterocycles. The third-order valence-corrected chi connectivity index (χ3v) is 4.33. The predicted octanol–water partition coefficient (Wildman–Crippen LogP) is 1.31. The lowest BCUT2D eigenvalue weighted by Gasteiger charge is -2.42. The van der Waals surface area contributed by atoms with E-state index in [9.17, 15) is 9.59 Å². The first-order valence-corrected chi connectivity index (χ1v) is 7.13. The minimum Gasteiger partial charge on any atom is -0.356 e. The molecule has 2 aliphatic rings. The summed E-state index contributed by atoms with van der Waals surface area (Å²) in [6, 6.07) is 2.20. The van der Waals surface area contributed by atoms with Crippen LogP contribution in [0.5, 0.6) is 0 Å². The van der Waals surface area contributed by atoms with Crippen LogP contribution in [0.4, 0.5) is 5.82 Å². The van der Waals surface area contributed by atoms with Gasteiger partial charge in [-0.3, -0.25) is 9.59 Å². The minimum atomic E-state index is 0.185. The van der Waals surface area contributed by atoms with Crippen molar-refractivity contribution in [3.05, 3.63) is 23.4 Å². The SMILES string of the molecule is Cc1cc(C=O)cnc1N1CCC2NC(=O)CCC2C1. The molecule has 0 radical (unpaired) electrons. The van der Waals surface area contributed by atoms with E-state index in [0.717, 1.165) is 43.6 Å². The van der Waals surface area contributed by atoms with Crippen LogP contribution < -0.4 is 10.2 Å². The number of hydrogen-bond donors (Lipinski definition) is 1. The number of nitrogens with zero attached hydrogens (tertiary/aromatic N) is 2. The first-order chi connectivity index (χ1) is 9.67. The van der Waals surface area contributed by atoms with Crippen LogP contribution >= 0.6 is 0 Å². The van der Waals surface area contributed by atoms with Gasteiger partial charge in [-0.1, -0.05) is 0 Å². The van der Waals surface area contributed by atoms with Crippen LogP contribution in [0.3, 0.4) is 0 Å². The Labute approximate surface area is 118 Å². The number of fused-ring (bicyclic) bond motifs is 1. The molecule has 0 aliphatic carbocycles. The first-order valence-electron chi connectivity index (χ1n) is 7.13. The van der Waals surface area contributed by atoms with Gasteiger partial charge in [0.25, 0.3) is 0 Å². The summed E-state index contributed by atoms with van der Waals surface area (Å²) in [5.41, 5.74) is 1.65. The van der Waals surface area contributed by atoms with Crippen molar-refractivity contribution in [1.82, 2.24) is 10.3 Å². The van der Waals surface area contributed by atoms with Crippen molar-refractivity contribution in [3.8, 4) is 0 Å². The van der Waals surface area contributed by atoms with Crippen LogP contribution in [0.25, 0.3) is 0 Å². The average Bonchev–Trinajstić information content (AvgIpc) is 2.46. The summed E-state index contributed by atoms with van der Waals surface area (Å²) in [5, 5.41) is 3.09. The Morgan fingerprint density at radius 1 is 1.45 bits per heavy atom. The molecule has 2 atom stereocenters. The number of carbonyl (C=O) groups excluding carboxylic acids is 2. The molecular weight excluding hydrogens is 254 g/mol. The second kappa shape index (κ2) is 5.23. The van der Waals surface area contributed by atoms with E-state index in [4.69, 9.17) is 0 Å². The monoisotopic (exact) mass is 273 g/mol. The zero-order valence-corrected chi connectivity index (χ0v) is 11.6. The normalized spacial score (nSPS) is 25.9. The summed E-state index contributed by atoms with van der Waals surface area (Å²) in [7, 11) is 0. The van der Waals surface area contributed by atoms with Gasteiger partial charge in [0.2, 0.25) is 5.91 Å². The van der Waals surface area contributed by atoms with E-state index in [1.807, 2.05) is 13.0 Å². The van der Waals surface area contributed by atoms with E-state index >= 15 is 0 Å². The molecule has 0 saturated carbocycles.